The largest absolute Gasteiger partial charge is 0.497 e. The first kappa shape index (κ1) is 17.7. The molecule has 3 rings (SSSR count). The molecule has 1 atom stereocenters. The maximum absolute atomic E-state index is 12.9. The Morgan fingerprint density at radius 1 is 1.08 bits per heavy atom. The van der Waals surface area contributed by atoms with Crippen molar-refractivity contribution in [1.29, 1.82) is 0 Å². The van der Waals surface area contributed by atoms with Crippen molar-refractivity contribution in [1.82, 2.24) is 15.8 Å². The van der Waals surface area contributed by atoms with Crippen LogP contribution in [0.25, 0.3) is 0 Å². The topological polar surface area (TPSA) is 70.7 Å². The summed E-state index contributed by atoms with van der Waals surface area (Å²) in [6.07, 6.45) is 1.74. The van der Waals surface area contributed by atoms with Crippen molar-refractivity contribution in [3.8, 4) is 5.75 Å². The van der Waals surface area contributed by atoms with E-state index < -0.39 is 11.7 Å². The number of urea groups is 1. The molecule has 26 heavy (non-hydrogen) atoms. The smallest absolute Gasteiger partial charge is 0.336 e. The first-order chi connectivity index (χ1) is 12.6. The fraction of sp³-hybridized carbons (Fsp3) is 0.263. The van der Waals surface area contributed by atoms with E-state index in [2.05, 4.69) is 10.9 Å². The number of carbonyl (C=O) groups is 2. The van der Waals surface area contributed by atoms with Gasteiger partial charge in [-0.2, -0.15) is 0 Å². The molecule has 1 aliphatic heterocycles. The number of hydrogen-bond donors (Lipinski definition) is 2. The summed E-state index contributed by atoms with van der Waals surface area (Å²) >= 11 is 0. The summed E-state index contributed by atoms with van der Waals surface area (Å²) in [6.45, 7) is 0.606. The summed E-state index contributed by atoms with van der Waals surface area (Å²) in [5.41, 5.74) is 6.07. The van der Waals surface area contributed by atoms with Gasteiger partial charge in [0.05, 0.1) is 13.2 Å². The number of methoxy groups -OCH3 is 1. The highest BCUT2D eigenvalue weighted by Gasteiger charge is 2.30. The zero-order valence-electron chi connectivity index (χ0n) is 14.4. The molecule has 0 spiro atoms. The molecule has 1 fully saturated rings. The van der Waals surface area contributed by atoms with Crippen LogP contribution in [0.2, 0.25) is 0 Å². The van der Waals surface area contributed by atoms with Gasteiger partial charge < -0.3 is 9.64 Å². The molecular formula is C19H20FN3O3. The second-order valence-electron chi connectivity index (χ2n) is 6.02. The molecule has 7 heteroatoms. The quantitative estimate of drug-likeness (QED) is 0.830. The van der Waals surface area contributed by atoms with Crippen LogP contribution in [-0.4, -0.2) is 30.5 Å². The molecule has 0 aliphatic carbocycles. The third kappa shape index (κ3) is 3.93. The van der Waals surface area contributed by atoms with Crippen LogP contribution in [-0.2, 0) is 0 Å². The summed E-state index contributed by atoms with van der Waals surface area (Å²) < 4.78 is 18.1. The van der Waals surface area contributed by atoms with E-state index in [9.17, 15) is 14.0 Å². The van der Waals surface area contributed by atoms with Gasteiger partial charge in [0.25, 0.3) is 5.91 Å². The number of carbonyl (C=O) groups excluding carboxylic acids is 2. The molecule has 2 aromatic carbocycles. The van der Waals surface area contributed by atoms with E-state index in [0.717, 1.165) is 24.2 Å². The van der Waals surface area contributed by atoms with Gasteiger partial charge in [-0.15, -0.1) is 0 Å². The summed E-state index contributed by atoms with van der Waals surface area (Å²) in [5.74, 6) is -0.169. The normalized spacial score (nSPS) is 16.2. The fourth-order valence-electron chi connectivity index (χ4n) is 3.04. The number of rotatable bonds is 3. The average molecular weight is 357 g/mol. The molecule has 2 aromatic rings. The standard InChI is InChI=1S/C19H20FN3O3/c1-26-16-10-6-13(7-11-16)17-3-2-12-23(17)19(25)22-21-18(24)14-4-8-15(20)9-5-14/h4-11,17H,2-3,12H2,1H3,(H,21,24)(H,22,25). The van der Waals surface area contributed by atoms with E-state index in [1.54, 1.807) is 12.0 Å². The molecule has 0 bridgehead atoms. The third-order valence-electron chi connectivity index (χ3n) is 4.40. The lowest BCUT2D eigenvalue weighted by atomic mass is 10.0. The molecule has 2 N–H and O–H groups in total. The van der Waals surface area contributed by atoms with Gasteiger partial charge in [-0.3, -0.25) is 10.2 Å². The minimum atomic E-state index is -0.501. The lowest BCUT2D eigenvalue weighted by Gasteiger charge is -2.25. The number of hydrazine groups is 1. The van der Waals surface area contributed by atoms with Gasteiger partial charge >= 0.3 is 6.03 Å². The average Bonchev–Trinajstić information content (AvgIpc) is 3.16. The van der Waals surface area contributed by atoms with Crippen LogP contribution < -0.4 is 15.6 Å². The van der Waals surface area contributed by atoms with Crippen molar-refractivity contribution in [2.24, 2.45) is 0 Å². The summed E-state index contributed by atoms with van der Waals surface area (Å²) in [5, 5.41) is 0. The number of likely N-dealkylation sites (tertiary alicyclic amines) is 1. The molecule has 0 aromatic heterocycles. The number of nitrogens with zero attached hydrogens (tertiary/aromatic N) is 1. The zero-order valence-corrected chi connectivity index (χ0v) is 14.4. The number of amides is 3. The molecule has 1 aliphatic rings. The molecule has 0 saturated carbocycles. The SMILES string of the molecule is COc1ccc(C2CCCN2C(=O)NNC(=O)c2ccc(F)cc2)cc1. The van der Waals surface area contributed by atoms with Crippen LogP contribution >= 0.6 is 0 Å². The van der Waals surface area contributed by atoms with Crippen molar-refractivity contribution in [3.05, 3.63) is 65.5 Å². The predicted octanol–water partition coefficient (Wildman–Crippen LogP) is 3.03. The van der Waals surface area contributed by atoms with Crippen LogP contribution in [0.5, 0.6) is 5.75 Å². The van der Waals surface area contributed by atoms with Crippen molar-refractivity contribution < 1.29 is 18.7 Å². The Balaban J connectivity index is 1.61. The first-order valence-corrected chi connectivity index (χ1v) is 8.35. The zero-order chi connectivity index (χ0) is 18.5. The molecular weight excluding hydrogens is 337 g/mol. The van der Waals surface area contributed by atoms with Crippen molar-refractivity contribution in [3.63, 3.8) is 0 Å². The predicted molar refractivity (Wildman–Crippen MR) is 94.1 cm³/mol. The van der Waals surface area contributed by atoms with Gasteiger partial charge in [-0.25, -0.2) is 14.6 Å². The van der Waals surface area contributed by atoms with Crippen LogP contribution in [0.3, 0.4) is 0 Å². The van der Waals surface area contributed by atoms with E-state index in [-0.39, 0.29) is 17.6 Å². The van der Waals surface area contributed by atoms with Gasteiger partial charge in [0, 0.05) is 12.1 Å². The Labute approximate surface area is 150 Å². The summed E-state index contributed by atoms with van der Waals surface area (Å²) in [4.78, 5) is 26.2. The first-order valence-electron chi connectivity index (χ1n) is 8.35. The highest BCUT2D eigenvalue weighted by Crippen LogP contribution is 2.32. The summed E-state index contributed by atoms with van der Waals surface area (Å²) in [6, 6.07) is 12.3. The van der Waals surface area contributed by atoms with Crippen LogP contribution in [0.4, 0.5) is 9.18 Å². The van der Waals surface area contributed by atoms with E-state index in [4.69, 9.17) is 4.74 Å². The molecule has 6 nitrogen and oxygen atoms in total. The molecule has 1 saturated heterocycles. The lowest BCUT2D eigenvalue weighted by Crippen LogP contribution is -2.48. The number of halogens is 1. The molecule has 1 heterocycles. The minimum absolute atomic E-state index is 0.0522. The Hall–Kier alpha value is -3.09. The molecule has 0 radical (unpaired) electrons. The van der Waals surface area contributed by atoms with Crippen molar-refractivity contribution >= 4 is 11.9 Å². The van der Waals surface area contributed by atoms with Gasteiger partial charge in [-0.1, -0.05) is 12.1 Å². The van der Waals surface area contributed by atoms with Gasteiger partial charge in [-0.05, 0) is 54.8 Å². The number of nitrogens with one attached hydrogen (secondary N) is 2. The Bertz CT molecular complexity index is 778. The maximum atomic E-state index is 12.9. The number of ether oxygens (including phenoxy) is 1. The Morgan fingerprint density at radius 2 is 1.77 bits per heavy atom. The van der Waals surface area contributed by atoms with E-state index in [0.29, 0.717) is 6.54 Å². The van der Waals surface area contributed by atoms with E-state index in [1.807, 2.05) is 24.3 Å². The van der Waals surface area contributed by atoms with Gasteiger partial charge in [0.1, 0.15) is 11.6 Å². The minimum Gasteiger partial charge on any atom is -0.497 e. The van der Waals surface area contributed by atoms with Crippen molar-refractivity contribution in [2.45, 2.75) is 18.9 Å². The number of hydrogen-bond acceptors (Lipinski definition) is 3. The van der Waals surface area contributed by atoms with Crippen LogP contribution in [0, 0.1) is 5.82 Å². The lowest BCUT2D eigenvalue weighted by molar-refractivity contribution is 0.0928. The fourth-order valence-corrected chi connectivity index (χ4v) is 3.04. The second-order valence-corrected chi connectivity index (χ2v) is 6.02. The monoisotopic (exact) mass is 357 g/mol. The van der Waals surface area contributed by atoms with Gasteiger partial charge in [0.2, 0.25) is 0 Å². The molecule has 3 amide bonds. The maximum Gasteiger partial charge on any atom is 0.336 e. The Kier molecular flexibility index (Phi) is 5.36. The van der Waals surface area contributed by atoms with Gasteiger partial charge in [0.15, 0.2) is 0 Å². The van der Waals surface area contributed by atoms with Crippen molar-refractivity contribution in [2.75, 3.05) is 13.7 Å². The van der Waals surface area contributed by atoms with Crippen LogP contribution in [0.1, 0.15) is 34.8 Å². The number of benzene rings is 2. The third-order valence-corrected chi connectivity index (χ3v) is 4.40. The summed E-state index contributed by atoms with van der Waals surface area (Å²) in [7, 11) is 1.61. The molecule has 136 valence electrons. The Morgan fingerprint density at radius 3 is 2.42 bits per heavy atom. The highest BCUT2D eigenvalue weighted by molar-refractivity contribution is 5.95. The second kappa shape index (κ2) is 7.86. The van der Waals surface area contributed by atoms with Crippen LogP contribution in [0.15, 0.2) is 48.5 Å². The molecule has 1 unspecified atom stereocenters. The van der Waals surface area contributed by atoms with E-state index >= 15 is 0 Å². The van der Waals surface area contributed by atoms with E-state index in [1.165, 1.54) is 24.3 Å². The highest BCUT2D eigenvalue weighted by atomic mass is 19.1.